The summed E-state index contributed by atoms with van der Waals surface area (Å²) in [5, 5.41) is 10.2. The molecule has 0 bridgehead atoms. The maximum Gasteiger partial charge on any atom is 0.254 e. The number of nitrogens with one attached hydrogen (secondary N) is 3. The molecule has 1 heterocycles. The highest BCUT2D eigenvalue weighted by atomic mass is 35.5. The Morgan fingerprint density at radius 3 is 2.19 bits per heavy atom. The zero-order valence-electron chi connectivity index (χ0n) is 28.1. The minimum absolute atomic E-state index is 0.0795. The number of thiol groups is 1. The van der Waals surface area contributed by atoms with Crippen LogP contribution in [0.3, 0.4) is 0 Å². The van der Waals surface area contributed by atoms with E-state index >= 15 is 0 Å². The van der Waals surface area contributed by atoms with Gasteiger partial charge in [0.1, 0.15) is 6.29 Å². The molecule has 1 aliphatic heterocycles. The van der Waals surface area contributed by atoms with Gasteiger partial charge in [0.2, 0.25) is 0 Å². The van der Waals surface area contributed by atoms with Gasteiger partial charge in [0.05, 0.1) is 10.9 Å². The molecule has 7 nitrogen and oxygen atoms in total. The zero-order valence-corrected chi connectivity index (χ0v) is 29.8. The second-order valence-electron chi connectivity index (χ2n) is 10.4. The third kappa shape index (κ3) is 21.3. The van der Waals surface area contributed by atoms with Gasteiger partial charge in [-0.15, -0.1) is 0 Å². The van der Waals surface area contributed by atoms with Crippen molar-refractivity contribution in [1.29, 1.82) is 0 Å². The molecule has 1 aromatic carbocycles. The van der Waals surface area contributed by atoms with Gasteiger partial charge in [-0.25, -0.2) is 0 Å². The number of unbranched alkanes of at least 4 members (excludes halogenated alkanes) is 1. The Balaban J connectivity index is -0.000000737. The first kappa shape index (κ1) is 44.0. The van der Waals surface area contributed by atoms with E-state index in [-0.39, 0.29) is 23.1 Å². The van der Waals surface area contributed by atoms with Crippen molar-refractivity contribution in [2.75, 3.05) is 38.3 Å². The monoisotopic (exact) mass is 626 g/mol. The second-order valence-corrected chi connectivity index (χ2v) is 10.9. The van der Waals surface area contributed by atoms with E-state index in [0.717, 1.165) is 74.2 Å². The quantitative estimate of drug-likeness (QED) is 0.0976. The third-order valence-corrected chi connectivity index (χ3v) is 6.13. The van der Waals surface area contributed by atoms with E-state index in [2.05, 4.69) is 42.1 Å². The van der Waals surface area contributed by atoms with Crippen molar-refractivity contribution in [2.45, 2.75) is 94.0 Å². The topological polar surface area (TPSA) is 90.5 Å². The Hall–Kier alpha value is -2.45. The van der Waals surface area contributed by atoms with Gasteiger partial charge >= 0.3 is 0 Å². The maximum atomic E-state index is 12.9. The number of anilines is 1. The van der Waals surface area contributed by atoms with Gasteiger partial charge in [-0.05, 0) is 63.1 Å². The summed E-state index contributed by atoms with van der Waals surface area (Å²) >= 11 is 8.84. The molecule has 242 valence electrons. The van der Waals surface area contributed by atoms with Gasteiger partial charge in [-0.1, -0.05) is 72.2 Å². The number of hydrogen-bond donors (Lipinski definition) is 4. The van der Waals surface area contributed by atoms with Crippen LogP contribution in [0.5, 0.6) is 0 Å². The largest absolute Gasteiger partial charge is 0.388 e. The number of nitrogens with zero attached hydrogens (tertiary/aromatic N) is 1. The Morgan fingerprint density at radius 2 is 1.79 bits per heavy atom. The first-order valence-electron chi connectivity index (χ1n) is 14.8. The Bertz CT molecular complexity index is 946. The molecular weight excluding hydrogens is 568 g/mol. The summed E-state index contributed by atoms with van der Waals surface area (Å²) in [4.78, 5) is 34.9. The van der Waals surface area contributed by atoms with E-state index in [9.17, 15) is 14.4 Å². The molecular formula is C33H59ClN4O3S. The predicted molar refractivity (Wildman–Crippen MR) is 187 cm³/mol. The van der Waals surface area contributed by atoms with Gasteiger partial charge in [0.15, 0.2) is 5.78 Å². The number of carbonyl (C=O) groups is 3. The number of benzene rings is 1. The van der Waals surface area contributed by atoms with Gasteiger partial charge in [0, 0.05) is 56.3 Å². The molecule has 0 saturated carbocycles. The van der Waals surface area contributed by atoms with Crippen LogP contribution in [0.1, 0.15) is 97.0 Å². The van der Waals surface area contributed by atoms with Crippen LogP contribution in [-0.4, -0.2) is 61.9 Å². The lowest BCUT2D eigenvalue weighted by atomic mass is 10.0. The molecule has 1 saturated heterocycles. The van der Waals surface area contributed by atoms with Crippen LogP contribution in [0.4, 0.5) is 5.69 Å². The van der Waals surface area contributed by atoms with Crippen LogP contribution in [0, 0.1) is 12.3 Å². The molecule has 1 amide bonds. The molecule has 2 rings (SSSR count). The Morgan fingerprint density at radius 1 is 1.21 bits per heavy atom. The SMILES string of the molecule is C/C=C(\Cl)C(C)=O.C=C(NCCCC)NC1CCCN(C(=O)c2ccc(NC)cc2C)C1.CC.CC(C)(C)C=O.CS. The van der Waals surface area contributed by atoms with E-state index < -0.39 is 0 Å². The number of ketones is 1. The van der Waals surface area contributed by atoms with Crippen LogP contribution in [0.2, 0.25) is 0 Å². The zero-order chi connectivity index (χ0) is 33.3. The number of aryl methyl sites for hydroxylation is 1. The molecule has 1 aromatic rings. The minimum Gasteiger partial charge on any atom is -0.388 e. The van der Waals surface area contributed by atoms with Crippen molar-refractivity contribution in [3.63, 3.8) is 0 Å². The molecule has 0 aliphatic carbocycles. The molecule has 0 radical (unpaired) electrons. The molecule has 0 aromatic heterocycles. The average Bonchev–Trinajstić information content (AvgIpc) is 2.98. The lowest BCUT2D eigenvalue weighted by molar-refractivity contribution is -0.114. The molecule has 9 heteroatoms. The normalized spacial score (nSPS) is 14.0. The van der Waals surface area contributed by atoms with Crippen molar-refractivity contribution in [3.05, 3.63) is 52.8 Å². The standard InChI is InChI=1S/C20H32N4O.C5H7ClO.C5H10O.C2H6.CH4S/c1-5-6-11-22-16(3)23-18-8-7-12-24(14-18)20(25)19-10-9-17(21-4)13-15(19)2;1-3-5(6)4(2)7;1-5(2,3)4-6;2*1-2/h9-10,13,18,21-23H,3,5-8,11-12,14H2,1-2,4H3;3H,1-2H3;4H,1-3H3;1-2H3;2H,1H3/b;5-3-;;;. The summed E-state index contributed by atoms with van der Waals surface area (Å²) < 4.78 is 0. The van der Waals surface area contributed by atoms with E-state index in [1.165, 1.54) is 6.92 Å². The maximum absolute atomic E-state index is 12.9. The number of carbonyl (C=O) groups excluding carboxylic acids is 3. The van der Waals surface area contributed by atoms with Crippen LogP contribution < -0.4 is 16.0 Å². The molecule has 1 atom stereocenters. The number of piperidine rings is 1. The smallest absolute Gasteiger partial charge is 0.254 e. The van der Waals surface area contributed by atoms with Crippen molar-refractivity contribution < 1.29 is 14.4 Å². The summed E-state index contributed by atoms with van der Waals surface area (Å²) in [7, 11) is 1.89. The molecule has 3 N–H and O–H groups in total. The first-order valence-corrected chi connectivity index (χ1v) is 16.1. The van der Waals surface area contributed by atoms with E-state index in [1.54, 1.807) is 19.3 Å². The molecule has 1 aliphatic rings. The molecule has 1 unspecified atom stereocenters. The van der Waals surface area contributed by atoms with Crippen molar-refractivity contribution in [1.82, 2.24) is 15.5 Å². The number of allylic oxidation sites excluding steroid dienone is 2. The van der Waals surface area contributed by atoms with Crippen LogP contribution in [0.25, 0.3) is 0 Å². The summed E-state index contributed by atoms with van der Waals surface area (Å²) in [6.45, 7) is 23.5. The predicted octanol–water partition coefficient (Wildman–Crippen LogP) is 7.61. The van der Waals surface area contributed by atoms with Crippen LogP contribution in [-0.2, 0) is 9.59 Å². The Kier molecular flexibility index (Phi) is 27.4. The van der Waals surface area contributed by atoms with E-state index in [0.29, 0.717) is 5.03 Å². The van der Waals surface area contributed by atoms with E-state index in [4.69, 9.17) is 11.6 Å². The van der Waals surface area contributed by atoms with Crippen molar-refractivity contribution in [2.24, 2.45) is 5.41 Å². The second kappa shape index (κ2) is 26.2. The molecule has 0 spiro atoms. The highest BCUT2D eigenvalue weighted by Crippen LogP contribution is 2.19. The summed E-state index contributed by atoms with van der Waals surface area (Å²) in [6, 6.07) is 6.16. The fraction of sp³-hybridized carbons (Fsp3) is 0.606. The number of likely N-dealkylation sites (tertiary alicyclic amines) is 1. The van der Waals surface area contributed by atoms with Gasteiger partial charge < -0.3 is 25.6 Å². The highest BCUT2D eigenvalue weighted by Gasteiger charge is 2.25. The summed E-state index contributed by atoms with van der Waals surface area (Å²) in [6.07, 6.45) is 8.58. The van der Waals surface area contributed by atoms with E-state index in [1.807, 2.05) is 71.7 Å². The fourth-order valence-electron chi connectivity index (χ4n) is 3.43. The first-order chi connectivity index (χ1) is 19.8. The lowest BCUT2D eigenvalue weighted by Crippen LogP contribution is -2.49. The lowest BCUT2D eigenvalue weighted by Gasteiger charge is -2.34. The number of amides is 1. The van der Waals surface area contributed by atoms with Gasteiger partial charge in [-0.3, -0.25) is 9.59 Å². The van der Waals surface area contributed by atoms with Crippen molar-refractivity contribution >= 4 is 47.9 Å². The number of hydrogen-bond acceptors (Lipinski definition) is 7. The van der Waals surface area contributed by atoms with Crippen LogP contribution in [0.15, 0.2) is 41.7 Å². The Labute approximate surface area is 267 Å². The van der Waals surface area contributed by atoms with Gasteiger partial charge in [0.25, 0.3) is 5.91 Å². The minimum atomic E-state index is -0.139. The fourth-order valence-corrected chi connectivity index (χ4v) is 3.43. The number of aldehydes is 1. The highest BCUT2D eigenvalue weighted by molar-refractivity contribution is 7.79. The third-order valence-electron chi connectivity index (χ3n) is 5.64. The molecule has 1 fully saturated rings. The summed E-state index contributed by atoms with van der Waals surface area (Å²) in [5.74, 6) is 0.905. The van der Waals surface area contributed by atoms with Crippen LogP contribution >= 0.6 is 24.2 Å². The number of rotatable bonds is 9. The van der Waals surface area contributed by atoms with Gasteiger partial charge in [-0.2, -0.15) is 12.6 Å². The average molecular weight is 627 g/mol. The molecule has 42 heavy (non-hydrogen) atoms. The number of halogens is 1. The summed E-state index contributed by atoms with van der Waals surface area (Å²) in [5.41, 5.74) is 2.69. The number of Topliss-reactive ketones (excluding diaryl/α,β-unsaturated/α-hetero) is 1. The van der Waals surface area contributed by atoms with Crippen molar-refractivity contribution in [3.8, 4) is 0 Å².